The normalized spacial score (nSPS) is 15.1. The third-order valence-electron chi connectivity index (χ3n) is 3.98. The van der Waals surface area contributed by atoms with Gasteiger partial charge in [0, 0.05) is 38.6 Å². The van der Waals surface area contributed by atoms with Crippen LogP contribution >= 0.6 is 0 Å². The summed E-state index contributed by atoms with van der Waals surface area (Å²) in [5.41, 5.74) is 2.77. The number of imidazole rings is 1. The maximum absolute atomic E-state index is 4.43. The summed E-state index contributed by atoms with van der Waals surface area (Å²) < 4.78 is 2.25. The second-order valence-electron chi connectivity index (χ2n) is 5.74. The van der Waals surface area contributed by atoms with Gasteiger partial charge in [0.2, 0.25) is 0 Å². The number of hydrogen-bond donors (Lipinski definition) is 1. The number of nitrogens with zero attached hydrogens (tertiary/aromatic N) is 3. The van der Waals surface area contributed by atoms with E-state index in [4.69, 9.17) is 0 Å². The minimum absolute atomic E-state index is 0.950. The fourth-order valence-corrected chi connectivity index (χ4v) is 2.86. The second-order valence-corrected chi connectivity index (χ2v) is 5.74. The highest BCUT2D eigenvalue weighted by molar-refractivity contribution is 5.23. The first-order valence-electron chi connectivity index (χ1n) is 7.86. The predicted octanol–water partition coefficient (Wildman–Crippen LogP) is 2.40. The van der Waals surface area contributed by atoms with Gasteiger partial charge in [-0.25, -0.2) is 4.98 Å². The molecule has 0 fully saturated rings. The van der Waals surface area contributed by atoms with Gasteiger partial charge in [0.25, 0.3) is 0 Å². The number of rotatable bonds is 6. The molecule has 2 heterocycles. The SMILES string of the molecule is CCCNCc1cccc(CN2CCn3ccnc3C2)c1. The molecule has 2 aromatic rings. The van der Waals surface area contributed by atoms with Gasteiger partial charge in [-0.15, -0.1) is 0 Å². The number of aromatic nitrogens is 2. The molecule has 1 N–H and O–H groups in total. The van der Waals surface area contributed by atoms with Crippen molar-refractivity contribution in [3.8, 4) is 0 Å². The Hall–Kier alpha value is -1.65. The quantitative estimate of drug-likeness (QED) is 0.827. The van der Waals surface area contributed by atoms with Gasteiger partial charge in [0.1, 0.15) is 5.82 Å². The van der Waals surface area contributed by atoms with E-state index >= 15 is 0 Å². The van der Waals surface area contributed by atoms with Gasteiger partial charge < -0.3 is 9.88 Å². The van der Waals surface area contributed by atoms with E-state index in [1.165, 1.54) is 23.4 Å². The van der Waals surface area contributed by atoms with Gasteiger partial charge >= 0.3 is 0 Å². The van der Waals surface area contributed by atoms with E-state index in [9.17, 15) is 0 Å². The molecule has 112 valence electrons. The van der Waals surface area contributed by atoms with Gasteiger partial charge in [-0.1, -0.05) is 31.2 Å². The van der Waals surface area contributed by atoms with E-state index in [0.717, 1.165) is 39.3 Å². The second kappa shape index (κ2) is 6.87. The summed E-state index contributed by atoms with van der Waals surface area (Å²) in [6.45, 7) is 8.35. The highest BCUT2D eigenvalue weighted by Crippen LogP contribution is 2.14. The molecule has 3 rings (SSSR count). The minimum atomic E-state index is 0.950. The number of nitrogens with one attached hydrogen (secondary N) is 1. The average molecular weight is 284 g/mol. The van der Waals surface area contributed by atoms with Crippen LogP contribution in [-0.2, 0) is 26.2 Å². The zero-order valence-electron chi connectivity index (χ0n) is 12.8. The first kappa shape index (κ1) is 14.3. The first-order valence-corrected chi connectivity index (χ1v) is 7.86. The van der Waals surface area contributed by atoms with E-state index in [1.807, 2.05) is 6.20 Å². The van der Waals surface area contributed by atoms with Crippen molar-refractivity contribution in [1.29, 1.82) is 0 Å². The van der Waals surface area contributed by atoms with Crippen LogP contribution in [0.5, 0.6) is 0 Å². The summed E-state index contributed by atoms with van der Waals surface area (Å²) in [5, 5.41) is 3.46. The van der Waals surface area contributed by atoms with Crippen molar-refractivity contribution < 1.29 is 0 Å². The Labute approximate surface area is 126 Å². The Balaban J connectivity index is 1.59. The van der Waals surface area contributed by atoms with E-state index in [2.05, 4.69) is 57.2 Å². The Morgan fingerprint density at radius 3 is 3.05 bits per heavy atom. The highest BCUT2D eigenvalue weighted by Gasteiger charge is 2.16. The summed E-state index contributed by atoms with van der Waals surface area (Å²) in [6, 6.07) is 8.92. The molecule has 0 aliphatic carbocycles. The Bertz CT molecular complexity index is 576. The summed E-state index contributed by atoms with van der Waals surface area (Å²) >= 11 is 0. The molecule has 0 atom stereocenters. The molecule has 0 saturated heterocycles. The molecule has 0 saturated carbocycles. The molecule has 21 heavy (non-hydrogen) atoms. The third kappa shape index (κ3) is 3.71. The van der Waals surface area contributed by atoms with Crippen LogP contribution < -0.4 is 5.32 Å². The largest absolute Gasteiger partial charge is 0.333 e. The van der Waals surface area contributed by atoms with Crippen LogP contribution in [0, 0.1) is 0 Å². The molecule has 1 aromatic carbocycles. The van der Waals surface area contributed by atoms with Crippen LogP contribution in [0.4, 0.5) is 0 Å². The van der Waals surface area contributed by atoms with E-state index in [1.54, 1.807) is 0 Å². The van der Waals surface area contributed by atoms with Crippen molar-refractivity contribution in [3.63, 3.8) is 0 Å². The lowest BCUT2D eigenvalue weighted by Gasteiger charge is -2.27. The topological polar surface area (TPSA) is 33.1 Å². The molecule has 0 amide bonds. The van der Waals surface area contributed by atoms with E-state index in [0.29, 0.717) is 0 Å². The number of fused-ring (bicyclic) bond motifs is 1. The summed E-state index contributed by atoms with van der Waals surface area (Å²) in [6.07, 6.45) is 5.16. The van der Waals surface area contributed by atoms with Gasteiger partial charge in [0.15, 0.2) is 0 Å². The summed E-state index contributed by atoms with van der Waals surface area (Å²) in [7, 11) is 0. The average Bonchev–Trinajstić information content (AvgIpc) is 2.95. The molecule has 0 spiro atoms. The number of hydrogen-bond acceptors (Lipinski definition) is 3. The fraction of sp³-hybridized carbons (Fsp3) is 0.471. The smallest absolute Gasteiger partial charge is 0.122 e. The Morgan fingerprint density at radius 1 is 1.24 bits per heavy atom. The van der Waals surface area contributed by atoms with Crippen LogP contribution in [0.25, 0.3) is 0 Å². The molecule has 4 heteroatoms. The van der Waals surface area contributed by atoms with Crippen molar-refractivity contribution in [2.75, 3.05) is 13.1 Å². The molecule has 4 nitrogen and oxygen atoms in total. The summed E-state index contributed by atoms with van der Waals surface area (Å²) in [4.78, 5) is 6.90. The number of benzene rings is 1. The molecule has 1 aliphatic rings. The fourth-order valence-electron chi connectivity index (χ4n) is 2.86. The molecular weight excluding hydrogens is 260 g/mol. The van der Waals surface area contributed by atoms with E-state index < -0.39 is 0 Å². The lowest BCUT2D eigenvalue weighted by atomic mass is 10.1. The van der Waals surface area contributed by atoms with Crippen molar-refractivity contribution >= 4 is 0 Å². The predicted molar refractivity (Wildman–Crippen MR) is 84.8 cm³/mol. The van der Waals surface area contributed by atoms with Crippen LogP contribution in [0.1, 0.15) is 30.3 Å². The molecule has 0 radical (unpaired) electrons. The van der Waals surface area contributed by atoms with Crippen molar-refractivity contribution in [2.24, 2.45) is 0 Å². The molecule has 1 aliphatic heterocycles. The zero-order valence-corrected chi connectivity index (χ0v) is 12.8. The lowest BCUT2D eigenvalue weighted by Crippen LogP contribution is -2.33. The van der Waals surface area contributed by atoms with Crippen molar-refractivity contribution in [1.82, 2.24) is 19.8 Å². The van der Waals surface area contributed by atoms with Gasteiger partial charge in [-0.2, -0.15) is 0 Å². The van der Waals surface area contributed by atoms with Crippen LogP contribution in [0.15, 0.2) is 36.7 Å². The lowest BCUT2D eigenvalue weighted by molar-refractivity contribution is 0.209. The zero-order chi connectivity index (χ0) is 14.5. The van der Waals surface area contributed by atoms with Crippen molar-refractivity contribution in [2.45, 2.75) is 39.5 Å². The first-order chi connectivity index (χ1) is 10.3. The Kier molecular flexibility index (Phi) is 4.68. The standard InChI is InChI=1S/C17H24N4/c1-2-6-18-12-15-4-3-5-16(11-15)13-20-9-10-21-8-7-19-17(21)14-20/h3-5,7-8,11,18H,2,6,9-10,12-14H2,1H3. The highest BCUT2D eigenvalue weighted by atomic mass is 15.2. The monoisotopic (exact) mass is 284 g/mol. The van der Waals surface area contributed by atoms with Crippen LogP contribution in [0.2, 0.25) is 0 Å². The molecule has 0 unspecified atom stereocenters. The van der Waals surface area contributed by atoms with Crippen LogP contribution in [0.3, 0.4) is 0 Å². The maximum Gasteiger partial charge on any atom is 0.122 e. The van der Waals surface area contributed by atoms with Gasteiger partial charge in [-0.05, 0) is 24.1 Å². The van der Waals surface area contributed by atoms with Gasteiger partial charge in [-0.3, -0.25) is 4.90 Å². The minimum Gasteiger partial charge on any atom is -0.333 e. The van der Waals surface area contributed by atoms with Crippen LogP contribution in [-0.4, -0.2) is 27.5 Å². The van der Waals surface area contributed by atoms with E-state index in [-0.39, 0.29) is 0 Å². The summed E-state index contributed by atoms with van der Waals surface area (Å²) in [5.74, 6) is 1.18. The van der Waals surface area contributed by atoms with Crippen molar-refractivity contribution in [3.05, 3.63) is 53.6 Å². The maximum atomic E-state index is 4.43. The van der Waals surface area contributed by atoms with Gasteiger partial charge in [0.05, 0.1) is 6.54 Å². The molecular formula is C17H24N4. The third-order valence-corrected chi connectivity index (χ3v) is 3.98. The Morgan fingerprint density at radius 2 is 2.14 bits per heavy atom. The molecule has 0 bridgehead atoms. The molecule has 1 aromatic heterocycles.